The first-order valence-electron chi connectivity index (χ1n) is 6.71. The topological polar surface area (TPSA) is 103 Å². The van der Waals surface area contributed by atoms with Crippen LogP contribution in [0.3, 0.4) is 0 Å². The molecule has 3 amide bonds. The van der Waals surface area contributed by atoms with Crippen LogP contribution in [0.2, 0.25) is 0 Å². The maximum absolute atomic E-state index is 12.0. The first kappa shape index (κ1) is 16.0. The Kier molecular flexibility index (Phi) is 5.16. The largest absolute Gasteiger partial charge is 0.351 e. The van der Waals surface area contributed by atoms with Crippen molar-refractivity contribution in [1.82, 2.24) is 20.1 Å². The number of nitrogens with two attached hydrogens (primary N) is 1. The van der Waals surface area contributed by atoms with E-state index in [9.17, 15) is 9.59 Å². The molecule has 116 valence electrons. The van der Waals surface area contributed by atoms with Crippen LogP contribution in [-0.4, -0.2) is 32.0 Å². The molecule has 1 aromatic heterocycles. The van der Waals surface area contributed by atoms with Crippen molar-refractivity contribution in [2.24, 2.45) is 11.7 Å². The summed E-state index contributed by atoms with van der Waals surface area (Å²) in [6, 6.07) is 8.67. The van der Waals surface area contributed by atoms with Gasteiger partial charge in [-0.1, -0.05) is 43.8 Å². The van der Waals surface area contributed by atoms with E-state index in [1.807, 2.05) is 44.2 Å². The number of amides is 3. The number of thioether (sulfide) groups is 1. The lowest BCUT2D eigenvalue weighted by atomic mass is 10.1. The lowest BCUT2D eigenvalue weighted by Gasteiger charge is -2.16. The first-order chi connectivity index (χ1) is 10.5. The van der Waals surface area contributed by atoms with Gasteiger partial charge in [0.2, 0.25) is 11.1 Å². The molecule has 0 fully saturated rings. The van der Waals surface area contributed by atoms with Gasteiger partial charge in [0.25, 0.3) is 0 Å². The van der Waals surface area contributed by atoms with Gasteiger partial charge < -0.3 is 5.73 Å². The standard InChI is InChI=1S/C14H17N5O2S/c1-9(2)11(12(20)17-13(15)21)22-14-16-8-19(18-14)10-6-4-3-5-7-10/h3-9,11H,1-2H3,(H3,15,17,20,21). The van der Waals surface area contributed by atoms with Crippen molar-refractivity contribution in [3.63, 3.8) is 0 Å². The Hall–Kier alpha value is -2.35. The van der Waals surface area contributed by atoms with Crippen LogP contribution in [-0.2, 0) is 4.79 Å². The molecular weight excluding hydrogens is 302 g/mol. The number of nitrogens with one attached hydrogen (secondary N) is 1. The Morgan fingerprint density at radius 1 is 1.27 bits per heavy atom. The average Bonchev–Trinajstić information content (AvgIpc) is 2.93. The maximum atomic E-state index is 12.0. The Morgan fingerprint density at radius 2 is 1.95 bits per heavy atom. The number of nitrogens with zero attached hydrogens (tertiary/aromatic N) is 3. The normalized spacial score (nSPS) is 12.1. The summed E-state index contributed by atoms with van der Waals surface area (Å²) in [5.41, 5.74) is 5.87. The molecule has 0 radical (unpaired) electrons. The third-order valence-electron chi connectivity index (χ3n) is 2.83. The second-order valence-corrected chi connectivity index (χ2v) is 6.05. The van der Waals surface area contributed by atoms with E-state index in [-0.39, 0.29) is 5.92 Å². The van der Waals surface area contributed by atoms with E-state index in [2.05, 4.69) is 15.4 Å². The van der Waals surface area contributed by atoms with Crippen LogP contribution >= 0.6 is 11.8 Å². The van der Waals surface area contributed by atoms with Crippen molar-refractivity contribution in [3.8, 4) is 5.69 Å². The highest BCUT2D eigenvalue weighted by Gasteiger charge is 2.26. The van der Waals surface area contributed by atoms with Gasteiger partial charge in [-0.25, -0.2) is 14.5 Å². The fourth-order valence-corrected chi connectivity index (χ4v) is 2.71. The molecule has 1 unspecified atom stereocenters. The Labute approximate surface area is 132 Å². The van der Waals surface area contributed by atoms with Crippen molar-refractivity contribution in [3.05, 3.63) is 36.7 Å². The molecule has 0 spiro atoms. The number of carbonyl (C=O) groups excluding carboxylic acids is 2. The lowest BCUT2D eigenvalue weighted by molar-refractivity contribution is -0.120. The summed E-state index contributed by atoms with van der Waals surface area (Å²) in [6.07, 6.45) is 1.58. The highest BCUT2D eigenvalue weighted by molar-refractivity contribution is 8.00. The van der Waals surface area contributed by atoms with Crippen molar-refractivity contribution in [2.75, 3.05) is 0 Å². The highest BCUT2D eigenvalue weighted by atomic mass is 32.2. The van der Waals surface area contributed by atoms with Gasteiger partial charge in [-0.2, -0.15) is 0 Å². The van der Waals surface area contributed by atoms with Crippen molar-refractivity contribution in [1.29, 1.82) is 0 Å². The third kappa shape index (κ3) is 4.08. The predicted molar refractivity (Wildman–Crippen MR) is 83.6 cm³/mol. The van der Waals surface area contributed by atoms with E-state index in [1.54, 1.807) is 11.0 Å². The Bertz CT molecular complexity index is 656. The second kappa shape index (κ2) is 7.08. The van der Waals surface area contributed by atoms with Crippen LogP contribution in [0, 0.1) is 5.92 Å². The van der Waals surface area contributed by atoms with Gasteiger partial charge in [0.05, 0.1) is 10.9 Å². The number of aromatic nitrogens is 3. The molecule has 2 aromatic rings. The fraction of sp³-hybridized carbons (Fsp3) is 0.286. The molecule has 1 heterocycles. The molecule has 8 heteroatoms. The van der Waals surface area contributed by atoms with Crippen molar-refractivity contribution < 1.29 is 9.59 Å². The lowest BCUT2D eigenvalue weighted by Crippen LogP contribution is -2.42. The van der Waals surface area contributed by atoms with Crippen LogP contribution in [0.1, 0.15) is 13.8 Å². The number of carbonyl (C=O) groups is 2. The van der Waals surface area contributed by atoms with Crippen molar-refractivity contribution in [2.45, 2.75) is 24.3 Å². The summed E-state index contributed by atoms with van der Waals surface area (Å²) in [4.78, 5) is 27.0. The van der Waals surface area contributed by atoms with Crippen molar-refractivity contribution >= 4 is 23.7 Å². The molecule has 3 N–H and O–H groups in total. The van der Waals surface area contributed by atoms with Crippen LogP contribution < -0.4 is 11.1 Å². The van der Waals surface area contributed by atoms with E-state index in [4.69, 9.17) is 5.73 Å². The molecule has 1 aromatic carbocycles. The summed E-state index contributed by atoms with van der Waals surface area (Å²) in [5.74, 6) is -0.448. The molecule has 22 heavy (non-hydrogen) atoms. The minimum Gasteiger partial charge on any atom is -0.351 e. The number of rotatable bonds is 5. The summed E-state index contributed by atoms with van der Waals surface area (Å²) >= 11 is 1.20. The van der Waals surface area contributed by atoms with Crippen LogP contribution in [0.5, 0.6) is 0 Å². The molecule has 0 aliphatic carbocycles. The predicted octanol–water partition coefficient (Wildman–Crippen LogP) is 1.58. The van der Waals surface area contributed by atoms with Gasteiger partial charge in [-0.15, -0.1) is 5.10 Å². The van der Waals surface area contributed by atoms with E-state index in [0.717, 1.165) is 5.69 Å². The van der Waals surface area contributed by atoms with Crippen LogP contribution in [0.25, 0.3) is 5.69 Å². The number of benzene rings is 1. The smallest absolute Gasteiger partial charge is 0.318 e. The van der Waals surface area contributed by atoms with Gasteiger partial charge in [0, 0.05) is 0 Å². The number of hydrogen-bond acceptors (Lipinski definition) is 5. The molecule has 1 atom stereocenters. The number of primary amides is 1. The Balaban J connectivity index is 2.13. The summed E-state index contributed by atoms with van der Waals surface area (Å²) in [6.45, 7) is 3.76. The molecule has 2 rings (SSSR count). The van der Waals surface area contributed by atoms with Crippen LogP contribution in [0.4, 0.5) is 4.79 Å². The van der Waals surface area contributed by atoms with E-state index >= 15 is 0 Å². The maximum Gasteiger partial charge on any atom is 0.318 e. The molecule has 0 aliphatic heterocycles. The molecule has 7 nitrogen and oxygen atoms in total. The van der Waals surface area contributed by atoms with Gasteiger partial charge in [0.1, 0.15) is 6.33 Å². The minimum atomic E-state index is -0.862. The molecule has 0 aliphatic rings. The molecular formula is C14H17N5O2S. The quantitative estimate of drug-likeness (QED) is 0.814. The number of hydrogen-bond donors (Lipinski definition) is 2. The van der Waals surface area contributed by atoms with Gasteiger partial charge in [0.15, 0.2) is 0 Å². The average molecular weight is 319 g/mol. The second-order valence-electron chi connectivity index (χ2n) is 4.94. The fourth-order valence-electron chi connectivity index (χ4n) is 1.81. The SMILES string of the molecule is CC(C)C(Sc1ncn(-c2ccccc2)n1)C(=O)NC(N)=O. The van der Waals surface area contributed by atoms with Gasteiger partial charge in [-0.3, -0.25) is 10.1 Å². The van der Waals surface area contributed by atoms with E-state index < -0.39 is 17.2 Å². The molecule has 0 bridgehead atoms. The highest BCUT2D eigenvalue weighted by Crippen LogP contribution is 2.25. The number of para-hydroxylation sites is 1. The summed E-state index contributed by atoms with van der Waals surface area (Å²) in [5, 5.41) is 6.40. The molecule has 0 saturated heterocycles. The first-order valence-corrected chi connectivity index (χ1v) is 7.59. The monoisotopic (exact) mass is 319 g/mol. The van der Waals surface area contributed by atoms with E-state index in [1.165, 1.54) is 11.8 Å². The van der Waals surface area contributed by atoms with E-state index in [0.29, 0.717) is 5.16 Å². The zero-order valence-electron chi connectivity index (χ0n) is 12.3. The number of imide groups is 1. The number of urea groups is 1. The van der Waals surface area contributed by atoms with Gasteiger partial charge >= 0.3 is 6.03 Å². The third-order valence-corrected chi connectivity index (χ3v) is 4.24. The molecule has 0 saturated carbocycles. The Morgan fingerprint density at radius 3 is 2.55 bits per heavy atom. The summed E-state index contributed by atoms with van der Waals surface area (Å²) < 4.78 is 1.63. The van der Waals surface area contributed by atoms with Crippen LogP contribution in [0.15, 0.2) is 41.8 Å². The van der Waals surface area contributed by atoms with Gasteiger partial charge in [-0.05, 0) is 18.1 Å². The summed E-state index contributed by atoms with van der Waals surface area (Å²) in [7, 11) is 0. The minimum absolute atomic E-state index is 0.00646. The zero-order chi connectivity index (χ0) is 16.1. The zero-order valence-corrected chi connectivity index (χ0v) is 13.1.